The van der Waals surface area contributed by atoms with Crippen molar-refractivity contribution in [2.45, 2.75) is 25.0 Å². The molecule has 0 unspecified atom stereocenters. The Hall–Kier alpha value is -1.80. The quantitative estimate of drug-likeness (QED) is 0.761. The monoisotopic (exact) mass is 329 g/mol. The van der Waals surface area contributed by atoms with Crippen LogP contribution in [0.1, 0.15) is 18.4 Å². The fourth-order valence-electron chi connectivity index (χ4n) is 1.80. The summed E-state index contributed by atoms with van der Waals surface area (Å²) >= 11 is 0. The van der Waals surface area contributed by atoms with Crippen molar-refractivity contribution in [2.75, 3.05) is 20.0 Å². The van der Waals surface area contributed by atoms with Crippen LogP contribution in [0.15, 0.2) is 24.3 Å². The van der Waals surface area contributed by atoms with Gasteiger partial charge in [0.2, 0.25) is 0 Å². The van der Waals surface area contributed by atoms with E-state index in [0.717, 1.165) is 17.6 Å². The maximum absolute atomic E-state index is 11.8. The molecular weight excluding hydrogens is 310 g/mol. The summed E-state index contributed by atoms with van der Waals surface area (Å²) in [4.78, 5) is 11.8. The Morgan fingerprint density at radius 3 is 2.41 bits per heavy atom. The van der Waals surface area contributed by atoms with Crippen molar-refractivity contribution in [3.63, 3.8) is 0 Å². The van der Waals surface area contributed by atoms with Crippen molar-refractivity contribution in [1.29, 1.82) is 0 Å². The number of rotatable bonds is 7. The summed E-state index contributed by atoms with van der Waals surface area (Å²) in [6.07, 6.45) is 1.72. The number of carbonyl (C=O) groups is 1. The molecule has 1 aromatic carbocycles. The van der Waals surface area contributed by atoms with E-state index in [-0.39, 0.29) is 13.2 Å². The van der Waals surface area contributed by atoms with E-state index >= 15 is 0 Å². The molecule has 0 spiro atoms. The van der Waals surface area contributed by atoms with E-state index in [9.17, 15) is 13.2 Å². The summed E-state index contributed by atoms with van der Waals surface area (Å²) in [5, 5.41) is 2.66. The van der Waals surface area contributed by atoms with Crippen LogP contribution in [0.25, 0.3) is 0 Å². The van der Waals surface area contributed by atoms with E-state index in [4.69, 9.17) is 13.7 Å². The summed E-state index contributed by atoms with van der Waals surface area (Å²) in [5.74, 6) is 0.725. The van der Waals surface area contributed by atoms with Gasteiger partial charge in [-0.2, -0.15) is 8.42 Å². The maximum atomic E-state index is 11.8. The van der Waals surface area contributed by atoms with Crippen LogP contribution >= 0.6 is 0 Å². The third-order valence-electron chi connectivity index (χ3n) is 3.30. The van der Waals surface area contributed by atoms with Gasteiger partial charge in [-0.05, 0) is 30.5 Å². The number of alkyl carbamates (subject to hydrolysis) is 1. The summed E-state index contributed by atoms with van der Waals surface area (Å²) in [5.41, 5.74) is 0.202. The van der Waals surface area contributed by atoms with E-state index in [1.54, 1.807) is 31.4 Å². The summed E-state index contributed by atoms with van der Waals surface area (Å²) in [6, 6.07) is 7.15. The molecule has 7 nitrogen and oxygen atoms in total. The van der Waals surface area contributed by atoms with E-state index in [1.807, 2.05) is 0 Å². The highest BCUT2D eigenvalue weighted by Gasteiger charge is 2.45. The van der Waals surface area contributed by atoms with Gasteiger partial charge in [0, 0.05) is 0 Å². The lowest BCUT2D eigenvalue weighted by Crippen LogP contribution is -2.41. The Labute approximate surface area is 129 Å². The topological polar surface area (TPSA) is 90.9 Å². The zero-order valence-electron chi connectivity index (χ0n) is 12.5. The Balaban J connectivity index is 1.77. The Morgan fingerprint density at radius 2 is 1.91 bits per heavy atom. The van der Waals surface area contributed by atoms with Gasteiger partial charge in [0.25, 0.3) is 10.1 Å². The number of methoxy groups -OCH3 is 1. The normalized spacial score (nSPS) is 15.9. The highest BCUT2D eigenvalue weighted by molar-refractivity contribution is 7.85. The second-order valence-electron chi connectivity index (χ2n) is 5.30. The fourth-order valence-corrected chi connectivity index (χ4v) is 2.24. The van der Waals surface area contributed by atoms with Gasteiger partial charge in [0.1, 0.15) is 12.4 Å². The molecule has 1 saturated carbocycles. The highest BCUT2D eigenvalue weighted by atomic mass is 32.2. The minimum atomic E-state index is -3.52. The SMILES string of the molecule is COc1ccc(COC(=O)NC2(COS(C)(=O)=O)CC2)cc1. The molecule has 1 aliphatic rings. The predicted octanol–water partition coefficient (Wildman–Crippen LogP) is 1.43. The summed E-state index contributed by atoms with van der Waals surface area (Å²) < 4.78 is 36.8. The van der Waals surface area contributed by atoms with Crippen molar-refractivity contribution in [3.05, 3.63) is 29.8 Å². The van der Waals surface area contributed by atoms with Crippen molar-refractivity contribution >= 4 is 16.2 Å². The van der Waals surface area contributed by atoms with E-state index < -0.39 is 21.8 Å². The van der Waals surface area contributed by atoms with Crippen LogP contribution < -0.4 is 10.1 Å². The van der Waals surface area contributed by atoms with Crippen LogP contribution in [0.2, 0.25) is 0 Å². The van der Waals surface area contributed by atoms with Gasteiger partial charge in [0.15, 0.2) is 0 Å². The maximum Gasteiger partial charge on any atom is 0.407 e. The predicted molar refractivity (Wildman–Crippen MR) is 79.1 cm³/mol. The highest BCUT2D eigenvalue weighted by Crippen LogP contribution is 2.36. The molecule has 1 aromatic rings. The summed E-state index contributed by atoms with van der Waals surface area (Å²) in [7, 11) is -1.94. The minimum Gasteiger partial charge on any atom is -0.497 e. The van der Waals surface area contributed by atoms with Crippen LogP contribution in [0.4, 0.5) is 4.79 Å². The van der Waals surface area contributed by atoms with E-state index in [0.29, 0.717) is 12.8 Å². The third-order valence-corrected chi connectivity index (χ3v) is 3.85. The first-order chi connectivity index (χ1) is 10.3. The molecule has 22 heavy (non-hydrogen) atoms. The van der Waals surface area contributed by atoms with Crippen LogP contribution in [-0.4, -0.2) is 40.0 Å². The molecular formula is C14H19NO6S. The van der Waals surface area contributed by atoms with E-state index in [2.05, 4.69) is 5.32 Å². The van der Waals surface area contributed by atoms with Gasteiger partial charge >= 0.3 is 6.09 Å². The average molecular weight is 329 g/mol. The number of amides is 1. The standard InChI is InChI=1S/C14H19NO6S/c1-19-12-5-3-11(4-6-12)9-20-13(16)15-14(7-8-14)10-21-22(2,17)18/h3-6H,7-10H2,1-2H3,(H,15,16). The Morgan fingerprint density at radius 1 is 1.27 bits per heavy atom. The van der Waals surface area contributed by atoms with Crippen LogP contribution in [0.5, 0.6) is 5.75 Å². The zero-order chi connectivity index (χ0) is 16.2. The number of benzene rings is 1. The largest absolute Gasteiger partial charge is 0.497 e. The molecule has 2 rings (SSSR count). The fraction of sp³-hybridized carbons (Fsp3) is 0.500. The smallest absolute Gasteiger partial charge is 0.407 e. The molecule has 0 saturated heterocycles. The number of hydrogen-bond acceptors (Lipinski definition) is 6. The molecule has 0 bridgehead atoms. The lowest BCUT2D eigenvalue weighted by atomic mass is 10.2. The molecule has 1 aliphatic carbocycles. The second-order valence-corrected chi connectivity index (χ2v) is 6.94. The number of ether oxygens (including phenoxy) is 2. The van der Waals surface area contributed by atoms with Gasteiger partial charge in [-0.3, -0.25) is 4.18 Å². The van der Waals surface area contributed by atoms with Crippen LogP contribution in [0, 0.1) is 0 Å². The molecule has 0 aromatic heterocycles. The molecule has 1 N–H and O–H groups in total. The van der Waals surface area contributed by atoms with Crippen molar-refractivity contribution in [2.24, 2.45) is 0 Å². The number of hydrogen-bond donors (Lipinski definition) is 1. The third kappa shape index (κ3) is 5.19. The first-order valence-electron chi connectivity index (χ1n) is 6.74. The number of carbonyl (C=O) groups excluding carboxylic acids is 1. The molecule has 0 radical (unpaired) electrons. The van der Waals surface area contributed by atoms with Gasteiger partial charge in [0.05, 0.1) is 25.5 Å². The molecule has 1 amide bonds. The van der Waals surface area contributed by atoms with E-state index in [1.165, 1.54) is 0 Å². The Kier molecular flexibility index (Phi) is 4.92. The van der Waals surface area contributed by atoms with Crippen molar-refractivity contribution in [3.8, 4) is 5.75 Å². The average Bonchev–Trinajstić information content (AvgIpc) is 3.23. The van der Waals surface area contributed by atoms with Gasteiger partial charge in [-0.25, -0.2) is 4.79 Å². The first-order valence-corrected chi connectivity index (χ1v) is 8.56. The van der Waals surface area contributed by atoms with Crippen molar-refractivity contribution in [1.82, 2.24) is 5.32 Å². The lowest BCUT2D eigenvalue weighted by Gasteiger charge is -2.16. The second kappa shape index (κ2) is 6.53. The zero-order valence-corrected chi connectivity index (χ0v) is 13.3. The van der Waals surface area contributed by atoms with Crippen LogP contribution in [0.3, 0.4) is 0 Å². The van der Waals surface area contributed by atoms with Gasteiger partial charge < -0.3 is 14.8 Å². The number of nitrogens with one attached hydrogen (secondary N) is 1. The lowest BCUT2D eigenvalue weighted by molar-refractivity contribution is 0.129. The van der Waals surface area contributed by atoms with Gasteiger partial charge in [-0.15, -0.1) is 0 Å². The summed E-state index contributed by atoms with van der Waals surface area (Å²) in [6.45, 7) is 0.0578. The molecule has 0 aliphatic heterocycles. The molecule has 8 heteroatoms. The van der Waals surface area contributed by atoms with Crippen molar-refractivity contribution < 1.29 is 26.9 Å². The molecule has 0 heterocycles. The molecule has 122 valence electrons. The molecule has 1 fully saturated rings. The Bertz CT molecular complexity index is 621. The van der Waals surface area contributed by atoms with Crippen LogP contribution in [-0.2, 0) is 25.6 Å². The molecule has 0 atom stereocenters. The van der Waals surface area contributed by atoms with Gasteiger partial charge in [-0.1, -0.05) is 12.1 Å². The minimum absolute atomic E-state index is 0.0660. The first kappa shape index (κ1) is 16.6.